The Morgan fingerprint density at radius 2 is 1.83 bits per heavy atom. The van der Waals surface area contributed by atoms with Gasteiger partial charge in [0.05, 0.1) is 38.4 Å². The second-order valence-electron chi connectivity index (χ2n) is 8.94. The van der Waals surface area contributed by atoms with E-state index in [1.807, 2.05) is 29.1 Å². The first-order valence-corrected chi connectivity index (χ1v) is 12.0. The molecule has 3 heterocycles. The van der Waals surface area contributed by atoms with Crippen molar-refractivity contribution in [3.05, 3.63) is 53.8 Å². The van der Waals surface area contributed by atoms with E-state index in [4.69, 9.17) is 24.3 Å². The minimum atomic E-state index is 0.550. The Kier molecular flexibility index (Phi) is 7.70. The Hall–Kier alpha value is -3.39. The van der Waals surface area contributed by atoms with Crippen molar-refractivity contribution in [2.45, 2.75) is 26.2 Å². The van der Waals surface area contributed by atoms with Crippen LogP contribution in [0, 0.1) is 5.92 Å². The van der Waals surface area contributed by atoms with E-state index >= 15 is 0 Å². The lowest BCUT2D eigenvalue weighted by atomic mass is 10.00. The molecule has 186 valence electrons. The highest BCUT2D eigenvalue weighted by Gasteiger charge is 2.27. The van der Waals surface area contributed by atoms with E-state index < -0.39 is 0 Å². The lowest BCUT2D eigenvalue weighted by Crippen LogP contribution is -2.48. The van der Waals surface area contributed by atoms with Crippen LogP contribution in [0.25, 0.3) is 16.6 Å². The van der Waals surface area contributed by atoms with Gasteiger partial charge in [-0.3, -0.25) is 9.98 Å². The molecular weight excluding hydrogens is 442 g/mol. The largest absolute Gasteiger partial charge is 0.497 e. The van der Waals surface area contributed by atoms with Gasteiger partial charge in [-0.05, 0) is 30.2 Å². The summed E-state index contributed by atoms with van der Waals surface area (Å²) in [4.78, 5) is 11.8. The number of benzene rings is 1. The number of anilines is 1. The van der Waals surface area contributed by atoms with Crippen molar-refractivity contribution in [1.82, 2.24) is 14.8 Å². The van der Waals surface area contributed by atoms with Crippen molar-refractivity contribution in [3.63, 3.8) is 0 Å². The Bertz CT molecular complexity index is 1260. The van der Waals surface area contributed by atoms with E-state index in [1.165, 1.54) is 0 Å². The number of ether oxygens (including phenoxy) is 3. The van der Waals surface area contributed by atoms with Gasteiger partial charge in [0.2, 0.25) is 0 Å². The summed E-state index contributed by atoms with van der Waals surface area (Å²) >= 11 is 0. The molecule has 1 aromatic carbocycles. The molecule has 0 radical (unpaired) electrons. The first kappa shape index (κ1) is 24.7. The number of methoxy groups -OCH3 is 3. The Labute approximate surface area is 206 Å². The maximum Gasteiger partial charge on any atom is 0.175 e. The first-order valence-electron chi connectivity index (χ1n) is 12.0. The van der Waals surface area contributed by atoms with Crippen LogP contribution in [0.5, 0.6) is 11.5 Å². The molecule has 0 bridgehead atoms. The van der Waals surface area contributed by atoms with Crippen LogP contribution in [-0.2, 0) is 11.2 Å². The zero-order chi connectivity index (χ0) is 24.9. The van der Waals surface area contributed by atoms with Gasteiger partial charge in [0.1, 0.15) is 17.0 Å². The van der Waals surface area contributed by atoms with Crippen LogP contribution in [0.1, 0.15) is 31.0 Å². The fraction of sp³-hybridized carbons (Fsp3) is 0.444. The molecule has 0 atom stereocenters. The summed E-state index contributed by atoms with van der Waals surface area (Å²) in [6.45, 7) is 9.11. The van der Waals surface area contributed by atoms with Gasteiger partial charge in [-0.15, -0.1) is 0 Å². The van der Waals surface area contributed by atoms with Crippen LogP contribution < -0.4 is 19.9 Å². The molecule has 0 unspecified atom stereocenters. The van der Waals surface area contributed by atoms with Crippen molar-refractivity contribution in [1.29, 1.82) is 0 Å². The molecule has 2 aromatic heterocycles. The standard InChI is InChI=1S/C27H35N5O3/c1-7-8-18(2)32-27(28-3)26-24(12-21(14-29-26)31-15-20(16-31)17-33-4)25(30-32)11-19-9-22(34-5)13-23(10-19)35-6/h9-10,12-14,20H,2,7-8,11,15-17H2,1,3-6H3. The molecule has 0 spiro atoms. The van der Waals surface area contributed by atoms with Crippen molar-refractivity contribution < 1.29 is 14.2 Å². The Balaban J connectivity index is 1.84. The van der Waals surface area contributed by atoms with Gasteiger partial charge in [-0.2, -0.15) is 5.10 Å². The molecule has 1 aliphatic heterocycles. The third kappa shape index (κ3) is 5.17. The third-order valence-corrected chi connectivity index (χ3v) is 6.37. The smallest absolute Gasteiger partial charge is 0.175 e. The minimum absolute atomic E-state index is 0.550. The van der Waals surface area contributed by atoms with Gasteiger partial charge in [0.15, 0.2) is 5.49 Å². The van der Waals surface area contributed by atoms with Crippen molar-refractivity contribution in [2.75, 3.05) is 53.0 Å². The first-order chi connectivity index (χ1) is 17.0. The topological polar surface area (TPSA) is 74.0 Å². The number of fused-ring (bicyclic) bond motifs is 1. The van der Waals surface area contributed by atoms with Crippen LogP contribution in [0.2, 0.25) is 0 Å². The van der Waals surface area contributed by atoms with Crippen LogP contribution >= 0.6 is 0 Å². The maximum atomic E-state index is 5.49. The Morgan fingerprint density at radius 3 is 2.43 bits per heavy atom. The summed E-state index contributed by atoms with van der Waals surface area (Å²) < 4.78 is 18.1. The predicted molar refractivity (Wildman–Crippen MR) is 139 cm³/mol. The highest BCUT2D eigenvalue weighted by Crippen LogP contribution is 2.29. The lowest BCUT2D eigenvalue weighted by molar-refractivity contribution is 0.137. The summed E-state index contributed by atoms with van der Waals surface area (Å²) in [7, 11) is 6.85. The quantitative estimate of drug-likeness (QED) is 0.441. The fourth-order valence-electron chi connectivity index (χ4n) is 4.58. The molecule has 0 saturated carbocycles. The second kappa shape index (κ2) is 10.9. The molecule has 0 amide bonds. The summed E-state index contributed by atoms with van der Waals surface area (Å²) in [5.74, 6) is 2.04. The molecule has 35 heavy (non-hydrogen) atoms. The third-order valence-electron chi connectivity index (χ3n) is 6.37. The average molecular weight is 478 g/mol. The molecular formula is C27H35N5O3. The Morgan fingerprint density at radius 1 is 1.11 bits per heavy atom. The van der Waals surface area contributed by atoms with E-state index in [-0.39, 0.29) is 0 Å². The average Bonchev–Trinajstić information content (AvgIpc) is 2.85. The fourth-order valence-corrected chi connectivity index (χ4v) is 4.58. The molecule has 4 rings (SSSR count). The van der Waals surface area contributed by atoms with Crippen LogP contribution in [0.15, 0.2) is 42.0 Å². The van der Waals surface area contributed by atoms with Gasteiger partial charge < -0.3 is 19.1 Å². The van der Waals surface area contributed by atoms with Crippen molar-refractivity contribution in [3.8, 4) is 11.5 Å². The van der Waals surface area contributed by atoms with E-state index in [9.17, 15) is 0 Å². The number of aromatic nitrogens is 3. The number of rotatable bonds is 10. The van der Waals surface area contributed by atoms with Crippen LogP contribution in [0.3, 0.4) is 0 Å². The van der Waals surface area contributed by atoms with Crippen molar-refractivity contribution >= 4 is 22.3 Å². The number of allylic oxidation sites excluding steroid dienone is 1. The van der Waals surface area contributed by atoms with E-state index in [0.717, 1.165) is 83.1 Å². The minimum Gasteiger partial charge on any atom is -0.497 e. The monoisotopic (exact) mass is 477 g/mol. The van der Waals surface area contributed by atoms with E-state index in [1.54, 1.807) is 28.4 Å². The van der Waals surface area contributed by atoms with Gasteiger partial charge in [0, 0.05) is 56.7 Å². The summed E-state index contributed by atoms with van der Waals surface area (Å²) in [6.07, 6.45) is 4.32. The highest BCUT2D eigenvalue weighted by atomic mass is 16.5. The van der Waals surface area contributed by atoms with E-state index in [2.05, 4.69) is 29.5 Å². The maximum absolute atomic E-state index is 5.49. The zero-order valence-electron chi connectivity index (χ0n) is 21.4. The summed E-state index contributed by atoms with van der Waals surface area (Å²) in [5.41, 5.74) is 5.47. The van der Waals surface area contributed by atoms with Gasteiger partial charge in [-0.1, -0.05) is 19.9 Å². The number of pyridine rings is 1. The molecule has 8 nitrogen and oxygen atoms in total. The molecule has 3 aromatic rings. The molecule has 1 aliphatic rings. The summed E-state index contributed by atoms with van der Waals surface area (Å²) in [6, 6.07) is 8.09. The van der Waals surface area contributed by atoms with Crippen LogP contribution in [-0.4, -0.2) is 62.8 Å². The normalized spacial score (nSPS) is 14.3. The predicted octanol–water partition coefficient (Wildman–Crippen LogP) is 3.92. The van der Waals surface area contributed by atoms with Gasteiger partial charge >= 0.3 is 0 Å². The van der Waals surface area contributed by atoms with Crippen molar-refractivity contribution in [2.24, 2.45) is 10.9 Å². The van der Waals surface area contributed by atoms with Crippen LogP contribution in [0.4, 0.5) is 5.69 Å². The van der Waals surface area contributed by atoms with E-state index in [0.29, 0.717) is 12.3 Å². The van der Waals surface area contributed by atoms with Gasteiger partial charge in [0.25, 0.3) is 0 Å². The molecule has 1 saturated heterocycles. The van der Waals surface area contributed by atoms with Gasteiger partial charge in [-0.25, -0.2) is 4.68 Å². The molecule has 1 fully saturated rings. The number of hydrogen-bond donors (Lipinski definition) is 0. The number of hydrogen-bond acceptors (Lipinski definition) is 7. The highest BCUT2D eigenvalue weighted by molar-refractivity contribution is 5.84. The second-order valence-corrected chi connectivity index (χ2v) is 8.94. The number of nitrogens with zero attached hydrogens (tertiary/aromatic N) is 5. The SMILES string of the molecule is C=C(CCC)n1nc(Cc2cc(OC)cc(OC)c2)c2cc(N3CC(COC)C3)cnc2c1=NC. The summed E-state index contributed by atoms with van der Waals surface area (Å²) in [5, 5.41) is 6.04. The lowest BCUT2D eigenvalue weighted by Gasteiger charge is -2.40. The molecule has 0 aliphatic carbocycles. The molecule has 0 N–H and O–H groups in total. The molecule has 8 heteroatoms. The zero-order valence-corrected chi connectivity index (χ0v) is 21.4.